The van der Waals surface area contributed by atoms with E-state index in [0.29, 0.717) is 18.5 Å². The van der Waals surface area contributed by atoms with Crippen molar-refractivity contribution in [1.82, 2.24) is 10.6 Å². The molecular formula is C20H18FN3O3. The molecule has 2 aromatic carbocycles. The van der Waals surface area contributed by atoms with Gasteiger partial charge in [-0.15, -0.1) is 0 Å². The summed E-state index contributed by atoms with van der Waals surface area (Å²) < 4.78 is 13.9. The average Bonchev–Trinajstić information content (AvgIpc) is 3.17. The first kappa shape index (κ1) is 17.2. The molecule has 2 N–H and O–H groups in total. The number of benzene rings is 2. The van der Waals surface area contributed by atoms with Gasteiger partial charge in [0.1, 0.15) is 11.9 Å². The standard InChI is InChI=1S/C20H18FN3O3/c21-14-7-3-4-8-17(14)24-10-9-15(20(24)27)22-18(25)11-16-12-5-1-2-6-13(12)19(26)23-16/h1-8,15-16H,9-11H2,(H,22,25)(H,23,26). The number of nitrogens with one attached hydrogen (secondary N) is 2. The molecule has 4 rings (SSSR count). The highest BCUT2D eigenvalue weighted by atomic mass is 19.1. The highest BCUT2D eigenvalue weighted by molar-refractivity contribution is 6.02. The zero-order chi connectivity index (χ0) is 19.0. The Morgan fingerprint density at radius 3 is 2.70 bits per heavy atom. The molecule has 27 heavy (non-hydrogen) atoms. The predicted octanol–water partition coefficient (Wildman–Crippen LogP) is 1.92. The molecule has 0 radical (unpaired) electrons. The van der Waals surface area contributed by atoms with E-state index in [1.165, 1.54) is 11.0 Å². The third-order valence-corrected chi connectivity index (χ3v) is 4.96. The van der Waals surface area contributed by atoms with Gasteiger partial charge in [-0.2, -0.15) is 0 Å². The van der Waals surface area contributed by atoms with Gasteiger partial charge in [-0.3, -0.25) is 14.4 Å². The van der Waals surface area contributed by atoms with Gasteiger partial charge in [-0.1, -0.05) is 30.3 Å². The van der Waals surface area contributed by atoms with Crippen LogP contribution in [0.3, 0.4) is 0 Å². The van der Waals surface area contributed by atoms with Gasteiger partial charge in [0.2, 0.25) is 11.8 Å². The van der Waals surface area contributed by atoms with E-state index in [1.807, 2.05) is 12.1 Å². The average molecular weight is 367 g/mol. The summed E-state index contributed by atoms with van der Waals surface area (Å²) in [5, 5.41) is 5.50. The Kier molecular flexibility index (Phi) is 4.35. The number of carbonyl (C=O) groups excluding carboxylic acids is 3. The molecule has 3 amide bonds. The Morgan fingerprint density at radius 1 is 1.15 bits per heavy atom. The van der Waals surface area contributed by atoms with Gasteiger partial charge in [0.05, 0.1) is 18.2 Å². The molecule has 138 valence electrons. The summed E-state index contributed by atoms with van der Waals surface area (Å²) in [6, 6.07) is 12.1. The fraction of sp³-hybridized carbons (Fsp3) is 0.250. The minimum absolute atomic E-state index is 0.0478. The highest BCUT2D eigenvalue weighted by Gasteiger charge is 2.36. The fourth-order valence-corrected chi connectivity index (χ4v) is 3.64. The lowest BCUT2D eigenvalue weighted by molar-refractivity contribution is -0.126. The molecule has 0 spiro atoms. The quantitative estimate of drug-likeness (QED) is 0.867. The van der Waals surface area contributed by atoms with Crippen molar-refractivity contribution in [1.29, 1.82) is 0 Å². The van der Waals surface area contributed by atoms with Gasteiger partial charge < -0.3 is 15.5 Å². The molecule has 2 heterocycles. The highest BCUT2D eigenvalue weighted by Crippen LogP contribution is 2.28. The first-order valence-electron chi connectivity index (χ1n) is 8.79. The van der Waals surface area contributed by atoms with Crippen molar-refractivity contribution >= 4 is 23.4 Å². The van der Waals surface area contributed by atoms with Crippen molar-refractivity contribution in [3.8, 4) is 0 Å². The van der Waals surface area contributed by atoms with Crippen LogP contribution in [0, 0.1) is 5.82 Å². The van der Waals surface area contributed by atoms with E-state index in [4.69, 9.17) is 0 Å². The second-order valence-corrected chi connectivity index (χ2v) is 6.67. The normalized spacial score (nSPS) is 21.1. The lowest BCUT2D eigenvalue weighted by Crippen LogP contribution is -2.42. The van der Waals surface area contributed by atoms with Gasteiger partial charge in [0.25, 0.3) is 5.91 Å². The Bertz CT molecular complexity index is 930. The van der Waals surface area contributed by atoms with Crippen LogP contribution in [0.15, 0.2) is 48.5 Å². The third-order valence-electron chi connectivity index (χ3n) is 4.96. The van der Waals surface area contributed by atoms with E-state index < -0.39 is 17.9 Å². The van der Waals surface area contributed by atoms with Crippen LogP contribution in [0.1, 0.15) is 34.8 Å². The van der Waals surface area contributed by atoms with E-state index in [2.05, 4.69) is 10.6 Å². The largest absolute Gasteiger partial charge is 0.345 e. The molecule has 1 fully saturated rings. The topological polar surface area (TPSA) is 78.5 Å². The predicted molar refractivity (Wildman–Crippen MR) is 96.6 cm³/mol. The van der Waals surface area contributed by atoms with Crippen LogP contribution in [0.2, 0.25) is 0 Å². The minimum Gasteiger partial charge on any atom is -0.345 e. The summed E-state index contributed by atoms with van der Waals surface area (Å²) in [7, 11) is 0. The molecule has 0 aliphatic carbocycles. The number of anilines is 1. The van der Waals surface area contributed by atoms with Gasteiger partial charge in [-0.25, -0.2) is 4.39 Å². The van der Waals surface area contributed by atoms with Gasteiger partial charge in [0, 0.05) is 12.1 Å². The van der Waals surface area contributed by atoms with Gasteiger partial charge in [-0.05, 0) is 30.2 Å². The number of rotatable bonds is 4. The molecule has 0 aromatic heterocycles. The monoisotopic (exact) mass is 367 g/mol. The number of carbonyl (C=O) groups is 3. The Labute approximate surface area is 155 Å². The summed E-state index contributed by atoms with van der Waals surface area (Å²) in [4.78, 5) is 38.3. The fourth-order valence-electron chi connectivity index (χ4n) is 3.64. The van der Waals surface area contributed by atoms with Crippen molar-refractivity contribution in [2.45, 2.75) is 24.9 Å². The van der Waals surface area contributed by atoms with Gasteiger partial charge in [0.15, 0.2) is 0 Å². The number of fused-ring (bicyclic) bond motifs is 1. The summed E-state index contributed by atoms with van der Waals surface area (Å²) in [6.45, 7) is 0.341. The molecule has 2 unspecified atom stereocenters. The second kappa shape index (κ2) is 6.83. The summed E-state index contributed by atoms with van der Waals surface area (Å²) in [5.74, 6) is -1.33. The third kappa shape index (κ3) is 3.16. The SMILES string of the molecule is O=C(CC1NC(=O)c2ccccc21)NC1CCN(c2ccccc2F)C1=O. The van der Waals surface area contributed by atoms with Crippen LogP contribution < -0.4 is 15.5 Å². The van der Waals surface area contributed by atoms with Crippen molar-refractivity contribution < 1.29 is 18.8 Å². The number of nitrogens with zero attached hydrogens (tertiary/aromatic N) is 1. The minimum atomic E-state index is -0.690. The van der Waals surface area contributed by atoms with Crippen molar-refractivity contribution in [3.63, 3.8) is 0 Å². The van der Waals surface area contributed by atoms with Crippen molar-refractivity contribution in [3.05, 3.63) is 65.5 Å². The zero-order valence-corrected chi connectivity index (χ0v) is 14.4. The summed E-state index contributed by atoms with van der Waals surface area (Å²) in [5.41, 5.74) is 1.57. The van der Waals surface area contributed by atoms with E-state index in [-0.39, 0.29) is 29.8 Å². The first-order chi connectivity index (χ1) is 13.0. The van der Waals surface area contributed by atoms with Crippen molar-refractivity contribution in [2.24, 2.45) is 0 Å². The van der Waals surface area contributed by atoms with Crippen LogP contribution in [0.25, 0.3) is 0 Å². The number of hydrogen-bond donors (Lipinski definition) is 2. The maximum atomic E-state index is 13.9. The molecule has 0 saturated carbocycles. The number of amides is 3. The maximum Gasteiger partial charge on any atom is 0.252 e. The summed E-state index contributed by atoms with van der Waals surface area (Å²) >= 11 is 0. The van der Waals surface area contributed by atoms with E-state index in [9.17, 15) is 18.8 Å². The number of halogens is 1. The van der Waals surface area contributed by atoms with Crippen LogP contribution in [-0.2, 0) is 9.59 Å². The van der Waals surface area contributed by atoms with E-state index in [1.54, 1.807) is 30.3 Å². The lowest BCUT2D eigenvalue weighted by atomic mass is 10.0. The smallest absolute Gasteiger partial charge is 0.252 e. The molecular weight excluding hydrogens is 349 g/mol. The Balaban J connectivity index is 1.40. The molecule has 2 atom stereocenters. The van der Waals surface area contributed by atoms with Crippen molar-refractivity contribution in [2.75, 3.05) is 11.4 Å². The Hall–Kier alpha value is -3.22. The van der Waals surface area contributed by atoms with Gasteiger partial charge >= 0.3 is 0 Å². The van der Waals surface area contributed by atoms with E-state index >= 15 is 0 Å². The molecule has 2 aromatic rings. The number of hydrogen-bond acceptors (Lipinski definition) is 3. The zero-order valence-electron chi connectivity index (χ0n) is 14.4. The van der Waals surface area contributed by atoms with E-state index in [0.717, 1.165) is 5.56 Å². The first-order valence-corrected chi connectivity index (χ1v) is 8.79. The molecule has 6 nitrogen and oxygen atoms in total. The molecule has 2 aliphatic rings. The summed E-state index contributed by atoms with van der Waals surface area (Å²) in [6.07, 6.45) is 0.457. The maximum absolute atomic E-state index is 13.9. The molecule has 0 bridgehead atoms. The number of para-hydroxylation sites is 1. The van der Waals surface area contributed by atoms with Crippen LogP contribution in [-0.4, -0.2) is 30.3 Å². The molecule has 7 heteroatoms. The van der Waals surface area contributed by atoms with Crippen LogP contribution >= 0.6 is 0 Å². The second-order valence-electron chi connectivity index (χ2n) is 6.67. The Morgan fingerprint density at radius 2 is 1.89 bits per heavy atom. The molecule has 2 aliphatic heterocycles. The molecule has 1 saturated heterocycles. The van der Waals surface area contributed by atoms with Crippen LogP contribution in [0.5, 0.6) is 0 Å². The lowest BCUT2D eigenvalue weighted by Gasteiger charge is -2.18. The van der Waals surface area contributed by atoms with Crippen LogP contribution in [0.4, 0.5) is 10.1 Å².